The summed E-state index contributed by atoms with van der Waals surface area (Å²) in [4.78, 5) is 28.6. The molecule has 1 atom stereocenters. The van der Waals surface area contributed by atoms with Gasteiger partial charge < -0.3 is 10.4 Å². The van der Waals surface area contributed by atoms with Crippen LogP contribution >= 0.6 is 0 Å². The van der Waals surface area contributed by atoms with Crippen LogP contribution in [0, 0.1) is 0 Å². The average molecular weight is 424 g/mol. The second-order valence-corrected chi connectivity index (χ2v) is 7.60. The fraction of sp³-hybridized carbons (Fsp3) is 0.120. The molecule has 0 fully saturated rings. The first-order valence-corrected chi connectivity index (χ1v) is 10.3. The Bertz CT molecular complexity index is 1380. The molecule has 2 heterocycles. The van der Waals surface area contributed by atoms with Gasteiger partial charge in [0.15, 0.2) is 11.5 Å². The fourth-order valence-electron chi connectivity index (χ4n) is 3.89. The smallest absolute Gasteiger partial charge is 0.335 e. The number of hydrogen-bond acceptors (Lipinski definition) is 5. The van der Waals surface area contributed by atoms with Gasteiger partial charge in [-0.2, -0.15) is 10.1 Å². The lowest BCUT2D eigenvalue weighted by Crippen LogP contribution is -2.32. The van der Waals surface area contributed by atoms with Gasteiger partial charge in [-0.3, -0.25) is 4.79 Å². The lowest BCUT2D eigenvalue weighted by atomic mass is 10.0. The Kier molecular flexibility index (Phi) is 4.78. The van der Waals surface area contributed by atoms with Crippen LogP contribution in [0.3, 0.4) is 0 Å². The maximum atomic E-state index is 12.9. The minimum atomic E-state index is -0.986. The molecule has 3 aromatic carbocycles. The van der Waals surface area contributed by atoms with Gasteiger partial charge in [-0.05, 0) is 41.8 Å². The van der Waals surface area contributed by atoms with Crippen LogP contribution in [0.2, 0.25) is 0 Å². The van der Waals surface area contributed by atoms with E-state index in [0.29, 0.717) is 11.4 Å². The van der Waals surface area contributed by atoms with E-state index in [1.54, 1.807) is 28.9 Å². The van der Waals surface area contributed by atoms with Gasteiger partial charge in [0.05, 0.1) is 5.56 Å². The zero-order valence-electron chi connectivity index (χ0n) is 17.3. The van der Waals surface area contributed by atoms with E-state index < -0.39 is 17.7 Å². The first kappa shape index (κ1) is 19.7. The summed E-state index contributed by atoms with van der Waals surface area (Å²) in [7, 11) is 0. The number of para-hydroxylation sites is 1. The molecule has 2 N–H and O–H groups in total. The molecular formula is C25H20N4O3. The van der Waals surface area contributed by atoms with Crippen LogP contribution in [0.15, 0.2) is 77.6 Å². The topological polar surface area (TPSA) is 97.1 Å². The summed E-state index contributed by atoms with van der Waals surface area (Å²) in [6.45, 7) is 2.08. The van der Waals surface area contributed by atoms with Crippen molar-refractivity contribution in [3.63, 3.8) is 0 Å². The zero-order chi connectivity index (χ0) is 22.2. The van der Waals surface area contributed by atoms with E-state index in [2.05, 4.69) is 17.2 Å². The number of hydrogen-bond donors (Lipinski definition) is 2. The second kappa shape index (κ2) is 7.77. The molecule has 32 heavy (non-hydrogen) atoms. The van der Waals surface area contributed by atoms with Crippen LogP contribution < -0.4 is 10.9 Å². The number of aromatic carboxylic acids is 1. The molecule has 5 rings (SSSR count). The molecule has 0 radical (unpaired) electrons. The van der Waals surface area contributed by atoms with Gasteiger partial charge >= 0.3 is 5.97 Å². The summed E-state index contributed by atoms with van der Waals surface area (Å²) < 4.78 is 1.70. The minimum absolute atomic E-state index is 0.202. The van der Waals surface area contributed by atoms with E-state index in [1.165, 1.54) is 5.56 Å². The van der Waals surface area contributed by atoms with E-state index in [9.17, 15) is 14.7 Å². The van der Waals surface area contributed by atoms with Crippen LogP contribution in [-0.2, 0) is 6.42 Å². The molecule has 1 aliphatic heterocycles. The second-order valence-electron chi connectivity index (χ2n) is 7.60. The van der Waals surface area contributed by atoms with Crippen LogP contribution in [0.4, 0.5) is 5.69 Å². The van der Waals surface area contributed by atoms with E-state index >= 15 is 0 Å². The monoisotopic (exact) mass is 424 g/mol. The van der Waals surface area contributed by atoms with Crippen molar-refractivity contribution in [2.45, 2.75) is 19.5 Å². The number of aromatic nitrogens is 3. The van der Waals surface area contributed by atoms with Crippen LogP contribution in [0.5, 0.6) is 0 Å². The van der Waals surface area contributed by atoms with Crippen molar-refractivity contribution in [1.82, 2.24) is 14.8 Å². The van der Waals surface area contributed by atoms with Gasteiger partial charge in [-0.1, -0.05) is 55.5 Å². The van der Waals surface area contributed by atoms with Gasteiger partial charge in [0.25, 0.3) is 5.56 Å². The highest BCUT2D eigenvalue weighted by molar-refractivity contribution is 5.87. The average Bonchev–Trinajstić information content (AvgIpc) is 2.83. The predicted molar refractivity (Wildman–Crippen MR) is 122 cm³/mol. The number of anilines is 1. The summed E-state index contributed by atoms with van der Waals surface area (Å²) in [5.41, 5.74) is 4.36. The van der Waals surface area contributed by atoms with Crippen LogP contribution in [0.1, 0.15) is 34.6 Å². The van der Waals surface area contributed by atoms with E-state index in [-0.39, 0.29) is 11.3 Å². The van der Waals surface area contributed by atoms with Crippen molar-refractivity contribution >= 4 is 11.7 Å². The highest BCUT2D eigenvalue weighted by atomic mass is 16.4. The van der Waals surface area contributed by atoms with Crippen molar-refractivity contribution in [1.29, 1.82) is 0 Å². The first-order valence-electron chi connectivity index (χ1n) is 10.3. The van der Waals surface area contributed by atoms with Crippen LogP contribution in [0.25, 0.3) is 22.6 Å². The third-order valence-electron chi connectivity index (χ3n) is 5.65. The number of nitrogens with zero attached hydrogens (tertiary/aromatic N) is 3. The van der Waals surface area contributed by atoms with Crippen molar-refractivity contribution in [3.05, 3.63) is 99.8 Å². The highest BCUT2D eigenvalue weighted by Crippen LogP contribution is 2.36. The van der Waals surface area contributed by atoms with Gasteiger partial charge in [0.2, 0.25) is 0 Å². The molecule has 0 aliphatic carbocycles. The van der Waals surface area contributed by atoms with Crippen molar-refractivity contribution < 1.29 is 9.90 Å². The molecule has 0 unspecified atom stereocenters. The highest BCUT2D eigenvalue weighted by Gasteiger charge is 2.28. The zero-order valence-corrected chi connectivity index (χ0v) is 17.3. The van der Waals surface area contributed by atoms with E-state index in [0.717, 1.165) is 23.2 Å². The number of carboxylic acids is 1. The summed E-state index contributed by atoms with van der Waals surface area (Å²) in [5.74, 6) is -0.522. The molecule has 0 amide bonds. The fourth-order valence-corrected chi connectivity index (χ4v) is 3.89. The number of benzene rings is 3. The third kappa shape index (κ3) is 3.33. The van der Waals surface area contributed by atoms with Crippen molar-refractivity contribution in [3.8, 4) is 22.6 Å². The van der Waals surface area contributed by atoms with Gasteiger partial charge in [0.1, 0.15) is 6.17 Å². The molecule has 0 spiro atoms. The number of carbonyl (C=O) groups is 1. The number of aryl methyl sites for hydroxylation is 1. The van der Waals surface area contributed by atoms with Crippen LogP contribution in [-0.4, -0.2) is 25.8 Å². The summed E-state index contributed by atoms with van der Waals surface area (Å²) in [6, 6.07) is 21.9. The predicted octanol–water partition coefficient (Wildman–Crippen LogP) is 4.21. The first-order chi connectivity index (χ1) is 15.5. The number of nitrogens with one attached hydrogen (secondary N) is 1. The third-order valence-corrected chi connectivity index (χ3v) is 5.65. The Morgan fingerprint density at radius 2 is 1.75 bits per heavy atom. The Morgan fingerprint density at radius 3 is 2.44 bits per heavy atom. The lowest BCUT2D eigenvalue weighted by molar-refractivity contribution is 0.0697. The molecule has 4 aromatic rings. The Hall–Kier alpha value is -4.26. The molecule has 0 saturated heterocycles. The number of rotatable bonds is 4. The van der Waals surface area contributed by atoms with E-state index in [4.69, 9.17) is 5.10 Å². The Balaban J connectivity index is 1.68. The SMILES string of the molecule is CCc1ccc(-c2nn3c(nc2=O)-c2ccccc2N[C@@H]3c2ccc(C(=O)O)cc2)cc1. The number of fused-ring (bicyclic) bond motifs is 3. The van der Waals surface area contributed by atoms with Gasteiger partial charge in [0, 0.05) is 16.8 Å². The maximum absolute atomic E-state index is 12.9. The van der Waals surface area contributed by atoms with Gasteiger partial charge in [-0.15, -0.1) is 0 Å². The molecule has 7 nitrogen and oxygen atoms in total. The summed E-state index contributed by atoms with van der Waals surface area (Å²) in [5, 5.41) is 17.4. The number of carboxylic acid groups (broad SMARTS) is 1. The normalized spacial score (nSPS) is 14.2. The lowest BCUT2D eigenvalue weighted by Gasteiger charge is -2.30. The molecule has 7 heteroatoms. The Morgan fingerprint density at radius 1 is 1.03 bits per heavy atom. The maximum Gasteiger partial charge on any atom is 0.335 e. The van der Waals surface area contributed by atoms with Gasteiger partial charge in [-0.25, -0.2) is 9.48 Å². The van der Waals surface area contributed by atoms with Crippen molar-refractivity contribution in [2.75, 3.05) is 5.32 Å². The molecule has 1 aromatic heterocycles. The largest absolute Gasteiger partial charge is 0.478 e. The van der Waals surface area contributed by atoms with Crippen molar-refractivity contribution in [2.24, 2.45) is 0 Å². The molecule has 0 bridgehead atoms. The summed E-state index contributed by atoms with van der Waals surface area (Å²) in [6.07, 6.45) is 0.453. The Labute approximate surface area is 184 Å². The summed E-state index contributed by atoms with van der Waals surface area (Å²) >= 11 is 0. The molecule has 1 aliphatic rings. The van der Waals surface area contributed by atoms with E-state index in [1.807, 2.05) is 48.5 Å². The molecular weight excluding hydrogens is 404 g/mol. The molecule has 0 saturated carbocycles. The minimum Gasteiger partial charge on any atom is -0.478 e. The standard InChI is InChI=1S/C25H20N4O3/c1-2-15-7-9-16(10-8-15)21-24(30)27-23-19-5-3-4-6-20(19)26-22(29(23)28-21)17-11-13-18(14-12-17)25(31)32/h3-14,22,26H,2H2,1H3,(H,31,32)/t22-/m0/s1. The quantitative estimate of drug-likeness (QED) is 0.510. The molecule has 158 valence electrons.